The maximum atomic E-state index is 13.8. The number of fused-ring (bicyclic) bond motifs is 6. The van der Waals surface area contributed by atoms with Crippen molar-refractivity contribution in [3.8, 4) is 25.6 Å². The number of halogens is 1. The number of thiophene rings is 5. The van der Waals surface area contributed by atoms with Crippen LogP contribution in [0.4, 0.5) is 0 Å². The van der Waals surface area contributed by atoms with Crippen molar-refractivity contribution >= 4 is 103 Å². The number of nitrogens with zero attached hydrogens (tertiary/aromatic N) is 4. The normalized spacial score (nSPS) is 12.7. The summed E-state index contributed by atoms with van der Waals surface area (Å²) in [6, 6.07) is 2.18. The van der Waals surface area contributed by atoms with Gasteiger partial charge in [-0.2, -0.15) is 5.26 Å². The summed E-state index contributed by atoms with van der Waals surface area (Å²) >= 11 is 13.8. The topological polar surface area (TPSA) is 293 Å². The highest BCUT2D eigenvalue weighted by atomic mass is 35.5. The molecule has 0 saturated heterocycles. The Kier molecular flexibility index (Phi) is 45.1. The Morgan fingerprint density at radius 1 is 0.423 bits per heavy atom. The highest BCUT2D eigenvalue weighted by Crippen LogP contribution is 2.59. The molecule has 0 spiro atoms. The number of sulfone groups is 1. The summed E-state index contributed by atoms with van der Waals surface area (Å²) in [5, 5.41) is 21.0. The van der Waals surface area contributed by atoms with E-state index in [0.29, 0.717) is 283 Å². The Labute approximate surface area is 636 Å². The number of hydrogen-bond donors (Lipinski definition) is 1. The lowest BCUT2D eigenvalue weighted by atomic mass is 10.2. The van der Waals surface area contributed by atoms with Crippen LogP contribution < -0.4 is 5.32 Å². The maximum absolute atomic E-state index is 13.8. The van der Waals surface area contributed by atoms with E-state index in [0.717, 1.165) is 64.1 Å². The monoisotopic (exact) mass is 1600 g/mol. The summed E-state index contributed by atoms with van der Waals surface area (Å²) in [7, 11) is -3.70. The van der Waals surface area contributed by atoms with Crippen molar-refractivity contribution in [2.45, 2.75) is 89.3 Å². The molecule has 6 aromatic rings. The first-order valence-electron chi connectivity index (χ1n) is 35.6. The summed E-state index contributed by atoms with van der Waals surface area (Å²) in [5.41, 5.74) is 4.47. The lowest BCUT2D eigenvalue weighted by Gasteiger charge is -2.09. The molecule has 104 heavy (non-hydrogen) atoms. The Morgan fingerprint density at radius 3 is 1.29 bits per heavy atom. The molecule has 0 atom stereocenters. The molecular weight excluding hydrogens is 1490 g/mol. The van der Waals surface area contributed by atoms with Crippen molar-refractivity contribution in [1.29, 1.82) is 5.26 Å². The van der Waals surface area contributed by atoms with Gasteiger partial charge in [0.2, 0.25) is 15.7 Å². The number of rotatable bonds is 68. The van der Waals surface area contributed by atoms with Crippen molar-refractivity contribution in [2.75, 3.05) is 250 Å². The third-order valence-corrected chi connectivity index (χ3v) is 25.5. The molecular formula is C70H106ClN5O22S6. The van der Waals surface area contributed by atoms with Gasteiger partial charge in [-0.15, -0.1) is 73.4 Å². The first-order valence-corrected chi connectivity index (χ1v) is 41.7. The van der Waals surface area contributed by atoms with Crippen LogP contribution in [0.1, 0.15) is 69.8 Å². The van der Waals surface area contributed by atoms with Gasteiger partial charge in [-0.25, -0.2) is 13.1 Å². The number of alkyl halides is 1. The largest absolute Gasteiger partial charge is 0.379 e. The third kappa shape index (κ3) is 31.5. The quantitative estimate of drug-likeness (QED) is 0.0274. The summed E-state index contributed by atoms with van der Waals surface area (Å²) in [4.78, 5) is 17.8. The van der Waals surface area contributed by atoms with Gasteiger partial charge in [0.25, 0.3) is 0 Å². The zero-order valence-electron chi connectivity index (χ0n) is 60.7. The standard InChI is InChI=1S/C70H106ClN5O22S6/c1-53-59(100-65-61(53)101-63-55(3)62(102-66(63)65)64-56(4)70-68(103-64)67-69(104(70,78)79)54(2)58(49-72)99-67)52-98-51-57-50-76(75-74-57)12-16-83-20-22-85-24-26-87-28-30-89-32-34-91-36-38-93-40-42-95-44-46-97-48-47-96-45-43-94-41-39-92-37-35-90-33-31-88-29-27-86-25-23-84-21-18-81-14-9-60(77)73-11-15-82-19-17-80-13-8-6-5-7-10-71/h50H,5-48,51-52H2,1-4H3,(H,73,77). The van der Waals surface area contributed by atoms with Crippen LogP contribution in [0.5, 0.6) is 0 Å². The van der Waals surface area contributed by atoms with E-state index in [1.165, 1.54) is 57.5 Å². The fourth-order valence-electron chi connectivity index (χ4n) is 10.2. The smallest absolute Gasteiger partial charge is 0.222 e. The number of unbranched alkanes of at least 4 members (excludes halogenated alkanes) is 3. The Morgan fingerprint density at radius 2 is 0.817 bits per heavy atom. The number of carbonyl (C=O) groups excluding carboxylic acids is 1. The molecule has 0 bridgehead atoms. The van der Waals surface area contributed by atoms with E-state index in [2.05, 4.69) is 35.5 Å². The van der Waals surface area contributed by atoms with Gasteiger partial charge < -0.3 is 95.3 Å². The summed E-state index contributed by atoms with van der Waals surface area (Å²) in [5.74, 6) is 0.644. The van der Waals surface area contributed by atoms with Crippen LogP contribution in [0.15, 0.2) is 16.0 Å². The first-order chi connectivity index (χ1) is 51.0. The van der Waals surface area contributed by atoms with Crippen LogP contribution >= 0.6 is 68.3 Å². The van der Waals surface area contributed by atoms with Gasteiger partial charge in [-0.05, 0) is 62.8 Å². The van der Waals surface area contributed by atoms with Crippen molar-refractivity contribution in [1.82, 2.24) is 20.3 Å². The van der Waals surface area contributed by atoms with Crippen molar-refractivity contribution in [3.63, 3.8) is 0 Å². The molecule has 7 heterocycles. The number of aromatic nitrogens is 3. The Balaban J connectivity index is 0.527. The van der Waals surface area contributed by atoms with E-state index < -0.39 is 9.84 Å². The molecule has 1 aliphatic heterocycles. The number of nitriles is 1. The second-order valence-electron chi connectivity index (χ2n) is 23.4. The second-order valence-corrected chi connectivity index (χ2v) is 30.7. The molecule has 0 unspecified atom stereocenters. The molecule has 0 fully saturated rings. The maximum Gasteiger partial charge on any atom is 0.222 e. The van der Waals surface area contributed by atoms with E-state index in [-0.39, 0.29) is 12.3 Å². The first kappa shape index (κ1) is 87.8. The summed E-state index contributed by atoms with van der Waals surface area (Å²) in [6.45, 7) is 26.7. The van der Waals surface area contributed by atoms with Gasteiger partial charge in [-0.1, -0.05) is 18.1 Å². The fourth-order valence-corrected chi connectivity index (χ4v) is 20.4. The highest BCUT2D eigenvalue weighted by molar-refractivity contribution is 7.92. The molecule has 1 N–H and O–H groups in total. The molecule has 27 nitrogen and oxygen atoms in total. The summed E-state index contributed by atoms with van der Waals surface area (Å²) in [6.07, 6.45) is 6.53. The van der Waals surface area contributed by atoms with Crippen LogP contribution in [0.3, 0.4) is 0 Å². The Bertz CT molecular complexity index is 3460. The van der Waals surface area contributed by atoms with Gasteiger partial charge in [-0.3, -0.25) is 4.79 Å². The zero-order valence-corrected chi connectivity index (χ0v) is 66.4. The minimum Gasteiger partial charge on any atom is -0.379 e. The average molecular weight is 1600 g/mol. The molecule has 586 valence electrons. The molecule has 1 amide bonds. The molecule has 1 aliphatic rings. The minimum atomic E-state index is -3.70. The number of amides is 1. The predicted molar refractivity (Wildman–Crippen MR) is 401 cm³/mol. The fraction of sp³-hybridized carbons (Fsp3) is 0.714. The Hall–Kier alpha value is -3.40. The number of nitrogens with one attached hydrogen (secondary N) is 1. The van der Waals surface area contributed by atoms with Crippen LogP contribution in [-0.4, -0.2) is 280 Å². The number of aryl methyl sites for hydroxylation is 2. The summed E-state index contributed by atoms with van der Waals surface area (Å²) < 4.78 is 140. The third-order valence-electron chi connectivity index (χ3n) is 15.6. The molecule has 0 radical (unpaired) electrons. The second kappa shape index (κ2) is 53.4. The van der Waals surface area contributed by atoms with E-state index in [1.807, 2.05) is 13.1 Å². The number of ether oxygens (including phenoxy) is 19. The lowest BCUT2D eigenvalue weighted by molar-refractivity contribution is -0.122. The molecule has 0 aliphatic carbocycles. The van der Waals surface area contributed by atoms with Crippen molar-refractivity contribution < 1.29 is 103 Å². The molecule has 0 aromatic carbocycles. The van der Waals surface area contributed by atoms with Gasteiger partial charge >= 0.3 is 0 Å². The van der Waals surface area contributed by atoms with Crippen LogP contribution in [0.2, 0.25) is 0 Å². The highest BCUT2D eigenvalue weighted by Gasteiger charge is 2.42. The van der Waals surface area contributed by atoms with E-state index in [1.54, 1.807) is 45.6 Å². The van der Waals surface area contributed by atoms with Gasteiger partial charge in [0, 0.05) is 40.1 Å². The van der Waals surface area contributed by atoms with Gasteiger partial charge in [0.05, 0.1) is 296 Å². The molecule has 0 saturated carbocycles. The van der Waals surface area contributed by atoms with Crippen molar-refractivity contribution in [3.05, 3.63) is 43.9 Å². The number of hydrogen-bond acceptors (Lipinski definition) is 30. The average Bonchev–Trinajstić information content (AvgIpc) is 1.53. The predicted octanol–water partition coefficient (Wildman–Crippen LogP) is 9.80. The number of carbonyl (C=O) groups is 1. The minimum absolute atomic E-state index is 0.0741. The van der Waals surface area contributed by atoms with Crippen LogP contribution in [0.25, 0.3) is 38.3 Å². The molecule has 7 rings (SSSR count). The lowest BCUT2D eigenvalue weighted by Crippen LogP contribution is -2.28. The van der Waals surface area contributed by atoms with Crippen molar-refractivity contribution in [2.24, 2.45) is 0 Å². The van der Waals surface area contributed by atoms with Crippen LogP contribution in [0, 0.1) is 39.0 Å². The van der Waals surface area contributed by atoms with Gasteiger partial charge in [0.1, 0.15) is 16.6 Å². The van der Waals surface area contributed by atoms with Gasteiger partial charge in [0.15, 0.2) is 0 Å². The zero-order chi connectivity index (χ0) is 73.5. The molecule has 34 heteroatoms. The SMILES string of the molecule is Cc1c(C#N)sc2c1S(=O)(=O)c1c-2sc(-c2sc3c(sc4c(C)c(COCc5cn(CCOCCOCCOCCOCCOCCOCCOCCOCCOCCOCCOCCOCCOCCOCCOCCOCCC(=O)NCCOCCOCCCCCCCl)nn5)sc43)c2C)c1C. The molecule has 6 aromatic heterocycles. The van der Waals surface area contributed by atoms with Crippen LogP contribution in [-0.2, 0) is 124 Å². The van der Waals surface area contributed by atoms with E-state index in [9.17, 15) is 18.5 Å². The van der Waals surface area contributed by atoms with E-state index in [4.69, 9.17) is 102 Å². The van der Waals surface area contributed by atoms with E-state index >= 15 is 0 Å².